The van der Waals surface area contributed by atoms with Gasteiger partial charge in [0.15, 0.2) is 0 Å². The van der Waals surface area contributed by atoms with Crippen LogP contribution in [0.15, 0.2) is 39.8 Å². The molecular formula is C11H13N3O3S. The van der Waals surface area contributed by atoms with Crippen molar-refractivity contribution in [3.63, 3.8) is 0 Å². The Morgan fingerprint density at radius 2 is 1.89 bits per heavy atom. The van der Waals surface area contributed by atoms with Gasteiger partial charge in [-0.25, -0.2) is 13.1 Å². The average molecular weight is 267 g/mol. The Kier molecular flexibility index (Phi) is 3.24. The first kappa shape index (κ1) is 12.4. The van der Waals surface area contributed by atoms with Gasteiger partial charge in [-0.1, -0.05) is 0 Å². The van der Waals surface area contributed by atoms with Crippen molar-refractivity contribution in [1.29, 1.82) is 0 Å². The fourth-order valence-electron chi connectivity index (χ4n) is 1.38. The molecule has 0 bridgehead atoms. The third-order valence-electron chi connectivity index (χ3n) is 2.29. The van der Waals surface area contributed by atoms with E-state index in [1.165, 1.54) is 18.4 Å². The molecule has 2 aromatic rings. The molecule has 0 saturated heterocycles. The van der Waals surface area contributed by atoms with Gasteiger partial charge < -0.3 is 9.73 Å². The number of sulfonamides is 1. The zero-order valence-corrected chi connectivity index (χ0v) is 10.8. The van der Waals surface area contributed by atoms with Crippen LogP contribution in [0.4, 0.5) is 11.7 Å². The van der Waals surface area contributed by atoms with Crippen molar-refractivity contribution in [3.8, 4) is 0 Å². The average Bonchev–Trinajstić information content (AvgIpc) is 2.74. The van der Waals surface area contributed by atoms with E-state index in [9.17, 15) is 8.42 Å². The number of nitrogens with zero attached hydrogens (tertiary/aromatic N) is 1. The van der Waals surface area contributed by atoms with E-state index in [0.717, 1.165) is 5.69 Å². The van der Waals surface area contributed by atoms with Crippen LogP contribution in [0.1, 0.15) is 5.69 Å². The number of benzene rings is 1. The Balaban J connectivity index is 2.24. The van der Waals surface area contributed by atoms with E-state index in [0.29, 0.717) is 5.69 Å². The van der Waals surface area contributed by atoms with E-state index < -0.39 is 10.0 Å². The molecule has 1 aromatic carbocycles. The molecular weight excluding hydrogens is 254 g/mol. The van der Waals surface area contributed by atoms with Crippen LogP contribution >= 0.6 is 0 Å². The number of rotatable bonds is 4. The molecule has 0 aliphatic rings. The van der Waals surface area contributed by atoms with Crippen LogP contribution in [0, 0.1) is 6.92 Å². The van der Waals surface area contributed by atoms with Crippen molar-refractivity contribution >= 4 is 21.7 Å². The number of hydrogen-bond acceptors (Lipinski definition) is 5. The lowest BCUT2D eigenvalue weighted by molar-refractivity contribution is 0.569. The van der Waals surface area contributed by atoms with Crippen LogP contribution in [0.3, 0.4) is 0 Å². The molecule has 18 heavy (non-hydrogen) atoms. The van der Waals surface area contributed by atoms with Gasteiger partial charge in [-0.15, -0.1) is 0 Å². The topological polar surface area (TPSA) is 84.2 Å². The van der Waals surface area contributed by atoms with Gasteiger partial charge in [0.25, 0.3) is 10.0 Å². The molecule has 96 valence electrons. The molecule has 0 fully saturated rings. The molecule has 0 spiro atoms. The lowest BCUT2D eigenvalue weighted by atomic mass is 10.3. The predicted molar refractivity (Wildman–Crippen MR) is 68.0 cm³/mol. The van der Waals surface area contributed by atoms with Crippen molar-refractivity contribution in [2.45, 2.75) is 11.8 Å². The van der Waals surface area contributed by atoms with E-state index in [-0.39, 0.29) is 10.9 Å². The molecule has 0 atom stereocenters. The SMILES string of the molecule is CNc1ccc(S(=O)(=O)Nc2nc(C)co2)cc1. The largest absolute Gasteiger partial charge is 0.431 e. The lowest BCUT2D eigenvalue weighted by Crippen LogP contribution is -2.13. The zero-order chi connectivity index (χ0) is 13.2. The molecule has 0 radical (unpaired) electrons. The van der Waals surface area contributed by atoms with Gasteiger partial charge in [-0.2, -0.15) is 4.98 Å². The number of aryl methyl sites for hydroxylation is 1. The van der Waals surface area contributed by atoms with Crippen molar-refractivity contribution in [2.24, 2.45) is 0 Å². The highest BCUT2D eigenvalue weighted by Gasteiger charge is 2.16. The highest BCUT2D eigenvalue weighted by molar-refractivity contribution is 7.92. The molecule has 0 amide bonds. The number of nitrogens with one attached hydrogen (secondary N) is 2. The fourth-order valence-corrected chi connectivity index (χ4v) is 2.31. The Morgan fingerprint density at radius 1 is 1.22 bits per heavy atom. The maximum atomic E-state index is 12.0. The minimum absolute atomic E-state index is 0.0369. The molecule has 0 saturated carbocycles. The van der Waals surface area contributed by atoms with E-state index >= 15 is 0 Å². The second-order valence-electron chi connectivity index (χ2n) is 3.67. The predicted octanol–water partition coefficient (Wildman–Crippen LogP) is 1.83. The van der Waals surface area contributed by atoms with E-state index in [4.69, 9.17) is 4.42 Å². The first-order chi connectivity index (χ1) is 8.51. The summed E-state index contributed by atoms with van der Waals surface area (Å²) in [5.74, 6) is 0. The molecule has 0 aliphatic carbocycles. The van der Waals surface area contributed by atoms with Gasteiger partial charge in [-0.05, 0) is 31.2 Å². The van der Waals surface area contributed by atoms with Gasteiger partial charge in [0.1, 0.15) is 6.26 Å². The standard InChI is InChI=1S/C11H13N3O3S/c1-8-7-17-11(13-8)14-18(15,16)10-5-3-9(12-2)4-6-10/h3-7,12H,1-2H3,(H,13,14). The van der Waals surface area contributed by atoms with Crippen molar-refractivity contribution in [1.82, 2.24) is 4.98 Å². The molecule has 0 aliphatic heterocycles. The lowest BCUT2D eigenvalue weighted by Gasteiger charge is -2.05. The number of hydrogen-bond donors (Lipinski definition) is 2. The van der Waals surface area contributed by atoms with Crippen LogP contribution in [0.2, 0.25) is 0 Å². The smallest absolute Gasteiger partial charge is 0.309 e. The van der Waals surface area contributed by atoms with Crippen LogP contribution < -0.4 is 10.0 Å². The first-order valence-corrected chi connectivity index (χ1v) is 6.72. The molecule has 7 heteroatoms. The normalized spacial score (nSPS) is 11.2. The van der Waals surface area contributed by atoms with Crippen LogP contribution in [0.25, 0.3) is 0 Å². The van der Waals surface area contributed by atoms with E-state index in [1.54, 1.807) is 26.1 Å². The molecule has 1 heterocycles. The molecule has 2 rings (SSSR count). The Labute approximate surface area is 105 Å². The summed E-state index contributed by atoms with van der Waals surface area (Å²) in [7, 11) is -1.90. The summed E-state index contributed by atoms with van der Waals surface area (Å²) in [6, 6.07) is 6.32. The second kappa shape index (κ2) is 4.69. The summed E-state index contributed by atoms with van der Waals surface area (Å²) >= 11 is 0. The number of anilines is 2. The first-order valence-electron chi connectivity index (χ1n) is 5.24. The van der Waals surface area contributed by atoms with Crippen LogP contribution in [-0.2, 0) is 10.0 Å². The van der Waals surface area contributed by atoms with Gasteiger partial charge in [-0.3, -0.25) is 0 Å². The second-order valence-corrected chi connectivity index (χ2v) is 5.36. The molecule has 0 unspecified atom stereocenters. The third-order valence-corrected chi connectivity index (χ3v) is 3.63. The van der Waals surface area contributed by atoms with Crippen LogP contribution in [-0.4, -0.2) is 20.4 Å². The molecule has 1 aromatic heterocycles. The summed E-state index contributed by atoms with van der Waals surface area (Å²) in [5.41, 5.74) is 1.44. The summed E-state index contributed by atoms with van der Waals surface area (Å²) in [6.45, 7) is 1.71. The van der Waals surface area contributed by atoms with Gasteiger partial charge >= 0.3 is 6.01 Å². The van der Waals surface area contributed by atoms with E-state index in [1.807, 2.05) is 0 Å². The summed E-state index contributed by atoms with van der Waals surface area (Å²) in [6.07, 6.45) is 1.38. The number of oxazole rings is 1. The van der Waals surface area contributed by atoms with Crippen molar-refractivity contribution in [2.75, 3.05) is 17.1 Å². The molecule has 2 N–H and O–H groups in total. The highest BCUT2D eigenvalue weighted by atomic mass is 32.2. The minimum Gasteiger partial charge on any atom is -0.431 e. The maximum Gasteiger partial charge on any atom is 0.309 e. The fraction of sp³-hybridized carbons (Fsp3) is 0.182. The van der Waals surface area contributed by atoms with Crippen molar-refractivity contribution < 1.29 is 12.8 Å². The highest BCUT2D eigenvalue weighted by Crippen LogP contribution is 2.17. The zero-order valence-electron chi connectivity index (χ0n) is 9.97. The summed E-state index contributed by atoms with van der Waals surface area (Å²) in [4.78, 5) is 4.04. The Hall–Kier alpha value is -2.02. The van der Waals surface area contributed by atoms with Crippen molar-refractivity contribution in [3.05, 3.63) is 36.2 Å². The molecule has 6 nitrogen and oxygen atoms in total. The maximum absolute atomic E-state index is 12.0. The van der Waals surface area contributed by atoms with E-state index in [2.05, 4.69) is 15.0 Å². The quantitative estimate of drug-likeness (QED) is 0.882. The number of aromatic nitrogens is 1. The third kappa shape index (κ3) is 2.62. The summed E-state index contributed by atoms with van der Waals surface area (Å²) < 4.78 is 31.2. The Bertz CT molecular complexity index is 632. The summed E-state index contributed by atoms with van der Waals surface area (Å²) in [5, 5.41) is 2.91. The minimum atomic E-state index is -3.66. The Morgan fingerprint density at radius 3 is 2.39 bits per heavy atom. The van der Waals surface area contributed by atoms with Gasteiger partial charge in [0, 0.05) is 12.7 Å². The van der Waals surface area contributed by atoms with Gasteiger partial charge in [0.2, 0.25) is 0 Å². The van der Waals surface area contributed by atoms with Crippen LogP contribution in [0.5, 0.6) is 0 Å². The monoisotopic (exact) mass is 267 g/mol. The van der Waals surface area contributed by atoms with Gasteiger partial charge in [0.05, 0.1) is 10.6 Å².